The molecular weight excluding hydrogens is 327 g/mol. The van der Waals surface area contributed by atoms with Crippen molar-refractivity contribution in [3.8, 4) is 5.75 Å². The van der Waals surface area contributed by atoms with Gasteiger partial charge in [0, 0.05) is 0 Å². The number of hydrogen-bond acceptors (Lipinski definition) is 2. The number of carboxylic acids is 1. The fourth-order valence-electron chi connectivity index (χ4n) is 2.92. The van der Waals surface area contributed by atoms with Crippen molar-refractivity contribution in [1.29, 1.82) is 0 Å². The molecule has 0 saturated carbocycles. The summed E-state index contributed by atoms with van der Waals surface area (Å²) in [6.45, 7) is 2.25. The molecule has 0 fully saturated rings. The maximum atomic E-state index is 11.5. The Hall–Kier alpha value is 0.126. The summed E-state index contributed by atoms with van der Waals surface area (Å²) in [6.07, 6.45) is 15.0. The molecule has 0 atom stereocenters. The van der Waals surface area contributed by atoms with Crippen LogP contribution < -0.4 is 56.5 Å². The standard InChI is InChI=1S/C20H32O3.K/c1-2-3-4-5-6-7-8-9-10-11-12-13-17-14-18(20(22)23)16-19(21)15-17;/h14-16,21H,2-13H2,1H3,(H,22,23);/q;+1/p-1. The van der Waals surface area contributed by atoms with Crippen molar-refractivity contribution < 1.29 is 66.4 Å². The van der Waals surface area contributed by atoms with E-state index >= 15 is 0 Å². The van der Waals surface area contributed by atoms with Crippen molar-refractivity contribution in [2.24, 2.45) is 0 Å². The van der Waals surface area contributed by atoms with Gasteiger partial charge in [0.15, 0.2) is 0 Å². The number of aryl methyl sites for hydroxylation is 1. The second kappa shape index (κ2) is 15.4. The summed E-state index contributed by atoms with van der Waals surface area (Å²) < 4.78 is 0. The van der Waals surface area contributed by atoms with Gasteiger partial charge in [-0.05, 0) is 24.5 Å². The van der Waals surface area contributed by atoms with Gasteiger partial charge in [-0.2, -0.15) is 0 Å². The van der Waals surface area contributed by atoms with Crippen LogP contribution in [0.15, 0.2) is 18.2 Å². The van der Waals surface area contributed by atoms with E-state index in [0.717, 1.165) is 24.8 Å². The van der Waals surface area contributed by atoms with E-state index in [2.05, 4.69) is 6.92 Å². The monoisotopic (exact) mass is 358 g/mol. The largest absolute Gasteiger partial charge is 1.00 e. The Morgan fingerprint density at radius 1 is 0.875 bits per heavy atom. The van der Waals surface area contributed by atoms with Gasteiger partial charge in [-0.15, -0.1) is 5.75 Å². The zero-order valence-corrected chi connectivity index (χ0v) is 18.6. The van der Waals surface area contributed by atoms with Gasteiger partial charge in [0.25, 0.3) is 0 Å². The molecule has 1 aromatic rings. The summed E-state index contributed by atoms with van der Waals surface area (Å²) in [4.78, 5) is 10.9. The van der Waals surface area contributed by atoms with E-state index in [9.17, 15) is 9.90 Å². The molecule has 0 unspecified atom stereocenters. The molecule has 0 saturated heterocycles. The van der Waals surface area contributed by atoms with Crippen molar-refractivity contribution in [3.63, 3.8) is 0 Å². The van der Waals surface area contributed by atoms with Gasteiger partial charge in [0.2, 0.25) is 0 Å². The minimum atomic E-state index is -1.03. The molecule has 130 valence electrons. The topological polar surface area (TPSA) is 60.4 Å². The number of aromatic carboxylic acids is 1. The number of carbonyl (C=O) groups is 1. The van der Waals surface area contributed by atoms with Crippen molar-refractivity contribution in [2.75, 3.05) is 0 Å². The van der Waals surface area contributed by atoms with E-state index in [1.807, 2.05) is 0 Å². The quantitative estimate of drug-likeness (QED) is 0.435. The molecule has 0 heterocycles. The van der Waals surface area contributed by atoms with E-state index < -0.39 is 5.97 Å². The number of rotatable bonds is 13. The Morgan fingerprint density at radius 3 is 1.88 bits per heavy atom. The summed E-state index contributed by atoms with van der Waals surface area (Å²) >= 11 is 0. The third-order valence-electron chi connectivity index (χ3n) is 4.28. The summed E-state index contributed by atoms with van der Waals surface area (Å²) in [7, 11) is 0. The van der Waals surface area contributed by atoms with Gasteiger partial charge in [-0.1, -0.05) is 83.3 Å². The molecule has 0 aliphatic carbocycles. The van der Waals surface area contributed by atoms with Crippen LogP contribution in [0.1, 0.15) is 93.5 Å². The van der Waals surface area contributed by atoms with Crippen LogP contribution in [0.25, 0.3) is 0 Å². The van der Waals surface area contributed by atoms with Crippen molar-refractivity contribution in [1.82, 2.24) is 0 Å². The van der Waals surface area contributed by atoms with Crippen LogP contribution in [0.5, 0.6) is 5.75 Å². The Bertz CT molecular complexity index is 460. The summed E-state index contributed by atoms with van der Waals surface area (Å²) in [5, 5.41) is 20.4. The van der Waals surface area contributed by atoms with Crippen molar-refractivity contribution >= 4 is 5.97 Å². The smallest absolute Gasteiger partial charge is 0.872 e. The molecule has 4 heteroatoms. The minimum absolute atomic E-state index is 0. The molecule has 1 rings (SSSR count). The first-order valence-corrected chi connectivity index (χ1v) is 9.17. The molecule has 0 aliphatic rings. The normalized spacial score (nSPS) is 10.4. The summed E-state index contributed by atoms with van der Waals surface area (Å²) in [6, 6.07) is 4.37. The average molecular weight is 359 g/mol. The van der Waals surface area contributed by atoms with Crippen LogP contribution >= 0.6 is 0 Å². The van der Waals surface area contributed by atoms with Crippen molar-refractivity contribution in [2.45, 2.75) is 84.0 Å². The molecule has 0 bridgehead atoms. The average Bonchev–Trinajstić information content (AvgIpc) is 2.52. The van der Waals surface area contributed by atoms with E-state index in [1.54, 1.807) is 12.1 Å². The number of unbranched alkanes of at least 4 members (excludes halogenated alkanes) is 10. The molecule has 0 aromatic heterocycles. The Labute approximate surface area is 189 Å². The SMILES string of the molecule is CCCCCCCCCCCCCc1cc([O-])cc(C(=O)O)c1.[K+]. The van der Waals surface area contributed by atoms with Crippen LogP contribution in [-0.2, 0) is 6.42 Å². The molecule has 0 aliphatic heterocycles. The van der Waals surface area contributed by atoms with E-state index in [1.165, 1.54) is 63.9 Å². The fraction of sp³-hybridized carbons (Fsp3) is 0.650. The number of benzene rings is 1. The minimum Gasteiger partial charge on any atom is -0.872 e. The first-order valence-electron chi connectivity index (χ1n) is 9.17. The maximum Gasteiger partial charge on any atom is 1.00 e. The van der Waals surface area contributed by atoms with Crippen LogP contribution in [0.4, 0.5) is 0 Å². The van der Waals surface area contributed by atoms with Gasteiger partial charge in [-0.25, -0.2) is 4.79 Å². The molecule has 1 aromatic carbocycles. The zero-order valence-electron chi connectivity index (χ0n) is 15.5. The maximum absolute atomic E-state index is 11.5. The van der Waals surface area contributed by atoms with Gasteiger partial charge in [-0.3, -0.25) is 0 Å². The Balaban J connectivity index is 0.00000529. The summed E-state index contributed by atoms with van der Waals surface area (Å²) in [5.74, 6) is -1.23. The third-order valence-corrected chi connectivity index (χ3v) is 4.28. The number of hydrogen-bond donors (Lipinski definition) is 1. The summed E-state index contributed by atoms with van der Waals surface area (Å²) in [5.41, 5.74) is 0.960. The molecule has 24 heavy (non-hydrogen) atoms. The van der Waals surface area contributed by atoms with E-state index in [0.29, 0.717) is 0 Å². The van der Waals surface area contributed by atoms with E-state index in [-0.39, 0.29) is 62.7 Å². The fourth-order valence-corrected chi connectivity index (χ4v) is 2.92. The molecule has 0 radical (unpaired) electrons. The molecular formula is C20H31KO3. The first kappa shape index (κ1) is 24.1. The van der Waals surface area contributed by atoms with Crippen LogP contribution in [0.3, 0.4) is 0 Å². The van der Waals surface area contributed by atoms with Gasteiger partial charge >= 0.3 is 57.4 Å². The van der Waals surface area contributed by atoms with Crippen molar-refractivity contribution in [3.05, 3.63) is 29.3 Å². The van der Waals surface area contributed by atoms with Gasteiger partial charge in [0.1, 0.15) is 0 Å². The van der Waals surface area contributed by atoms with Crippen LogP contribution in [0, 0.1) is 0 Å². The number of carboxylic acid groups (broad SMARTS) is 1. The Kier molecular flexibility index (Phi) is 15.5. The zero-order chi connectivity index (χ0) is 16.9. The van der Waals surface area contributed by atoms with Crippen LogP contribution in [0.2, 0.25) is 0 Å². The predicted octanol–water partition coefficient (Wildman–Crippen LogP) is 2.32. The van der Waals surface area contributed by atoms with E-state index in [4.69, 9.17) is 5.11 Å². The van der Waals surface area contributed by atoms with Gasteiger partial charge in [0.05, 0.1) is 5.56 Å². The van der Waals surface area contributed by atoms with Gasteiger partial charge < -0.3 is 10.2 Å². The molecule has 1 N–H and O–H groups in total. The van der Waals surface area contributed by atoms with Crippen LogP contribution in [-0.4, -0.2) is 11.1 Å². The third kappa shape index (κ3) is 11.6. The molecule has 0 spiro atoms. The Morgan fingerprint density at radius 2 is 1.38 bits per heavy atom. The first-order chi connectivity index (χ1) is 11.1. The second-order valence-electron chi connectivity index (χ2n) is 6.46. The second-order valence-corrected chi connectivity index (χ2v) is 6.46. The molecule has 0 amide bonds. The molecule has 3 nitrogen and oxygen atoms in total. The predicted molar refractivity (Wildman–Crippen MR) is 93.0 cm³/mol.